The molecule has 2 atom stereocenters. The molecule has 1 heterocycles. The molecule has 41 heavy (non-hydrogen) atoms. The Morgan fingerprint density at radius 1 is 0.951 bits per heavy atom. The molecule has 13 heteroatoms. The maximum atomic E-state index is 13.6. The average Bonchev–Trinajstić information content (AvgIpc) is 3.44. The highest BCUT2D eigenvalue weighted by Crippen LogP contribution is 2.29. The molecule has 4 N–H and O–H groups in total. The van der Waals surface area contributed by atoms with E-state index in [-0.39, 0.29) is 12.1 Å². The number of ether oxygens (including phenoxy) is 1. The molecule has 4 rings (SSSR count). The third-order valence-electron chi connectivity index (χ3n) is 5.99. The number of thiazole rings is 1. The quantitative estimate of drug-likeness (QED) is 0.173. The molecule has 0 saturated heterocycles. The van der Waals surface area contributed by atoms with Gasteiger partial charge in [-0.15, -0.1) is 11.3 Å². The Kier molecular flexibility index (Phi) is 9.95. The van der Waals surface area contributed by atoms with Crippen LogP contribution < -0.4 is 15.4 Å². The maximum absolute atomic E-state index is 13.6. The van der Waals surface area contributed by atoms with E-state index in [2.05, 4.69) is 10.6 Å². The second-order valence-corrected chi connectivity index (χ2v) is 11.5. The molecule has 2 amide bonds. The van der Waals surface area contributed by atoms with Gasteiger partial charge in [0.1, 0.15) is 11.0 Å². The molecular weight excluding hydrogens is 588 g/mol. The van der Waals surface area contributed by atoms with Crippen LogP contribution in [0.4, 0.5) is 10.5 Å². The van der Waals surface area contributed by atoms with Crippen molar-refractivity contribution in [3.63, 3.8) is 0 Å². The number of hydrogen-bond donors (Lipinski definition) is 4. The van der Waals surface area contributed by atoms with E-state index in [0.29, 0.717) is 22.1 Å². The minimum atomic E-state index is -4.41. The number of amides is 2. The number of carbonyl (C=O) groups excluding carboxylic acids is 2. The SMILES string of the molecule is COC(=O)N[C@@H](Cc1ccccc1)C(=O)N[C@@H](Cc1ccc(NS(=O)(=O)O)cc1)c1nc(-c2ccc(Cl)cc2)cs1. The Hall–Kier alpha value is -3.97. The summed E-state index contributed by atoms with van der Waals surface area (Å²) in [5.41, 5.74) is 3.36. The Labute approximate surface area is 246 Å². The van der Waals surface area contributed by atoms with Crippen molar-refractivity contribution in [2.45, 2.75) is 24.9 Å². The first-order valence-corrected chi connectivity index (χ1v) is 15.0. The first-order valence-electron chi connectivity index (χ1n) is 12.3. The molecule has 0 fully saturated rings. The van der Waals surface area contributed by atoms with E-state index in [1.807, 2.05) is 52.6 Å². The van der Waals surface area contributed by atoms with E-state index in [4.69, 9.17) is 25.9 Å². The van der Waals surface area contributed by atoms with E-state index in [0.717, 1.165) is 16.7 Å². The fraction of sp³-hybridized carbons (Fsp3) is 0.179. The van der Waals surface area contributed by atoms with Crippen LogP contribution in [0.1, 0.15) is 22.2 Å². The van der Waals surface area contributed by atoms with E-state index in [1.165, 1.54) is 30.6 Å². The highest BCUT2D eigenvalue weighted by Gasteiger charge is 2.26. The number of nitrogens with zero attached hydrogens (tertiary/aromatic N) is 1. The lowest BCUT2D eigenvalue weighted by Crippen LogP contribution is -2.49. The fourth-order valence-electron chi connectivity index (χ4n) is 4.03. The molecule has 3 aromatic carbocycles. The second kappa shape index (κ2) is 13.6. The van der Waals surface area contributed by atoms with Gasteiger partial charge in [0, 0.05) is 22.4 Å². The van der Waals surface area contributed by atoms with Crippen molar-refractivity contribution in [3.8, 4) is 11.3 Å². The third kappa shape index (κ3) is 9.02. The van der Waals surface area contributed by atoms with Crippen molar-refractivity contribution >= 4 is 50.9 Å². The fourth-order valence-corrected chi connectivity index (χ4v) is 5.47. The molecule has 0 saturated carbocycles. The number of methoxy groups -OCH3 is 1. The van der Waals surface area contributed by atoms with E-state index in [9.17, 15) is 18.0 Å². The lowest BCUT2D eigenvalue weighted by molar-refractivity contribution is -0.123. The summed E-state index contributed by atoms with van der Waals surface area (Å²) in [6.45, 7) is 0. The molecule has 0 bridgehead atoms. The van der Waals surface area contributed by atoms with Gasteiger partial charge in [-0.25, -0.2) is 9.78 Å². The molecule has 0 spiro atoms. The largest absolute Gasteiger partial charge is 0.453 e. The van der Waals surface area contributed by atoms with Crippen molar-refractivity contribution in [2.24, 2.45) is 0 Å². The maximum Gasteiger partial charge on any atom is 0.407 e. The number of carbonyl (C=O) groups is 2. The number of hydrogen-bond acceptors (Lipinski definition) is 7. The molecule has 0 aliphatic rings. The highest BCUT2D eigenvalue weighted by atomic mass is 35.5. The predicted octanol–water partition coefficient (Wildman–Crippen LogP) is 5.05. The monoisotopic (exact) mass is 614 g/mol. The molecule has 0 aliphatic heterocycles. The lowest BCUT2D eigenvalue weighted by Gasteiger charge is -2.22. The summed E-state index contributed by atoms with van der Waals surface area (Å²) in [7, 11) is -3.19. The van der Waals surface area contributed by atoms with Crippen LogP contribution in [0.5, 0.6) is 0 Å². The topological polar surface area (TPSA) is 147 Å². The predicted molar refractivity (Wildman–Crippen MR) is 158 cm³/mol. The zero-order chi connectivity index (χ0) is 29.4. The summed E-state index contributed by atoms with van der Waals surface area (Å²) in [6.07, 6.45) is -0.195. The first-order chi connectivity index (χ1) is 19.6. The van der Waals surface area contributed by atoms with Crippen LogP contribution in [-0.2, 0) is 32.7 Å². The highest BCUT2D eigenvalue weighted by molar-refractivity contribution is 7.87. The summed E-state index contributed by atoms with van der Waals surface area (Å²) in [5, 5.41) is 8.74. The molecule has 4 aromatic rings. The molecule has 214 valence electrons. The number of aromatic nitrogens is 1. The smallest absolute Gasteiger partial charge is 0.407 e. The number of halogens is 1. The zero-order valence-corrected chi connectivity index (χ0v) is 24.2. The van der Waals surface area contributed by atoms with Crippen LogP contribution in [0.2, 0.25) is 5.02 Å². The molecule has 0 radical (unpaired) electrons. The van der Waals surface area contributed by atoms with Gasteiger partial charge in [0.25, 0.3) is 0 Å². The van der Waals surface area contributed by atoms with E-state index in [1.54, 1.807) is 24.3 Å². The normalized spacial score (nSPS) is 12.7. The number of nitrogens with one attached hydrogen (secondary N) is 3. The number of alkyl carbamates (subject to hydrolysis) is 1. The lowest BCUT2D eigenvalue weighted by atomic mass is 10.0. The van der Waals surface area contributed by atoms with Gasteiger partial charge < -0.3 is 15.4 Å². The third-order valence-corrected chi connectivity index (χ3v) is 7.70. The van der Waals surface area contributed by atoms with Crippen molar-refractivity contribution in [1.29, 1.82) is 0 Å². The molecule has 0 unspecified atom stereocenters. The van der Waals surface area contributed by atoms with E-state index >= 15 is 0 Å². The standard InChI is InChI=1S/C28H27ClN4O6S2/c1-39-28(35)32-23(15-18-5-3-2-4-6-18)26(34)30-24(16-19-7-13-22(14-8-19)33-41(36,37)38)27-31-25(17-40-27)20-9-11-21(29)12-10-20/h2-14,17,23-24,33H,15-16H2,1H3,(H,30,34)(H,32,35)(H,36,37,38)/t23-,24-/m0/s1. The van der Waals surface area contributed by atoms with Crippen LogP contribution in [0.15, 0.2) is 84.2 Å². The van der Waals surface area contributed by atoms with Crippen LogP contribution in [0, 0.1) is 0 Å². The van der Waals surface area contributed by atoms with Gasteiger partial charge in [0.2, 0.25) is 5.91 Å². The Morgan fingerprint density at radius 2 is 1.61 bits per heavy atom. The first kappa shape index (κ1) is 30.0. The minimum Gasteiger partial charge on any atom is -0.453 e. The van der Waals surface area contributed by atoms with Crippen LogP contribution in [-0.4, -0.2) is 43.1 Å². The summed E-state index contributed by atoms with van der Waals surface area (Å²) in [6, 6.07) is 21.3. The van der Waals surface area contributed by atoms with Gasteiger partial charge in [-0.3, -0.25) is 14.1 Å². The van der Waals surface area contributed by atoms with E-state index < -0.39 is 34.4 Å². The zero-order valence-electron chi connectivity index (χ0n) is 21.8. The van der Waals surface area contributed by atoms with Gasteiger partial charge in [-0.2, -0.15) is 8.42 Å². The Morgan fingerprint density at radius 3 is 2.24 bits per heavy atom. The van der Waals surface area contributed by atoms with Crippen molar-refractivity contribution in [1.82, 2.24) is 15.6 Å². The molecular formula is C28H27ClN4O6S2. The van der Waals surface area contributed by atoms with Crippen LogP contribution in [0.3, 0.4) is 0 Å². The van der Waals surface area contributed by atoms with Crippen molar-refractivity contribution in [2.75, 3.05) is 11.8 Å². The summed E-state index contributed by atoms with van der Waals surface area (Å²) in [5.74, 6) is -0.433. The van der Waals surface area contributed by atoms with Crippen molar-refractivity contribution < 1.29 is 27.3 Å². The molecule has 10 nitrogen and oxygen atoms in total. The summed E-state index contributed by atoms with van der Waals surface area (Å²) in [4.78, 5) is 30.4. The molecule has 1 aromatic heterocycles. The number of benzene rings is 3. The van der Waals surface area contributed by atoms with Crippen LogP contribution in [0.25, 0.3) is 11.3 Å². The van der Waals surface area contributed by atoms with Crippen molar-refractivity contribution in [3.05, 3.63) is 105 Å². The number of anilines is 1. The summed E-state index contributed by atoms with van der Waals surface area (Å²) >= 11 is 7.39. The average molecular weight is 615 g/mol. The Balaban J connectivity index is 1.61. The number of rotatable bonds is 11. The van der Waals surface area contributed by atoms with Gasteiger partial charge in [0.05, 0.1) is 24.5 Å². The van der Waals surface area contributed by atoms with Gasteiger partial charge in [-0.05, 0) is 41.8 Å². The van der Waals surface area contributed by atoms with Gasteiger partial charge in [0.15, 0.2) is 0 Å². The second-order valence-electron chi connectivity index (χ2n) is 9.00. The molecule has 0 aliphatic carbocycles. The van der Waals surface area contributed by atoms with Crippen LogP contribution >= 0.6 is 22.9 Å². The Bertz CT molecular complexity index is 1580. The van der Waals surface area contributed by atoms with Gasteiger partial charge >= 0.3 is 16.4 Å². The van der Waals surface area contributed by atoms with Gasteiger partial charge in [-0.1, -0.05) is 66.2 Å². The summed E-state index contributed by atoms with van der Waals surface area (Å²) < 4.78 is 38.1. The minimum absolute atomic E-state index is 0.182.